The molecule has 0 unspecified atom stereocenters. The van der Waals surface area contributed by atoms with Crippen LogP contribution in [0.5, 0.6) is 23.0 Å². The topological polar surface area (TPSA) is 193 Å². The van der Waals surface area contributed by atoms with Crippen LogP contribution in [0.2, 0.25) is 0 Å². The van der Waals surface area contributed by atoms with Crippen LogP contribution in [0.3, 0.4) is 0 Å². The fourth-order valence-electron chi connectivity index (χ4n) is 10.6. The lowest BCUT2D eigenvalue weighted by molar-refractivity contribution is 0.302. The lowest BCUT2D eigenvalue weighted by atomic mass is 10.1. The van der Waals surface area contributed by atoms with Crippen LogP contribution in [0.4, 0.5) is 34.1 Å². The van der Waals surface area contributed by atoms with Gasteiger partial charge in [-0.25, -0.2) is 9.98 Å². The summed E-state index contributed by atoms with van der Waals surface area (Å²) in [5, 5.41) is 27.9. The number of nitrogens with two attached hydrogens (primary N) is 2. The van der Waals surface area contributed by atoms with Gasteiger partial charge in [0.15, 0.2) is 0 Å². The second-order valence-electron chi connectivity index (χ2n) is 22.8. The minimum atomic E-state index is 0. The zero-order valence-corrected chi connectivity index (χ0v) is 56.8. The van der Waals surface area contributed by atoms with Crippen molar-refractivity contribution in [2.45, 2.75) is 61.8 Å². The van der Waals surface area contributed by atoms with E-state index < -0.39 is 0 Å². The van der Waals surface area contributed by atoms with Crippen molar-refractivity contribution in [3.8, 4) is 23.0 Å². The molecule has 4 aliphatic rings. The molecule has 0 radical (unpaired) electrons. The molecule has 4 aromatic carbocycles. The average molecular weight is 1350 g/mol. The van der Waals surface area contributed by atoms with Crippen molar-refractivity contribution in [3.63, 3.8) is 0 Å². The fourth-order valence-corrected chi connectivity index (χ4v) is 13.2. The number of rotatable bonds is 23. The minimum absolute atomic E-state index is 0. The number of likely N-dealkylation sites (N-methyl/N-ethyl adjacent to an activating group) is 3. The van der Waals surface area contributed by atoms with Gasteiger partial charge in [0.25, 0.3) is 0 Å². The maximum Gasteiger partial charge on any atom is 0.142 e. The summed E-state index contributed by atoms with van der Waals surface area (Å²) in [6.07, 6.45) is 3.67. The third-order valence-electron chi connectivity index (χ3n) is 15.4. The van der Waals surface area contributed by atoms with E-state index in [1.807, 2.05) is 94.3 Å². The zero-order chi connectivity index (χ0) is 63.9. The summed E-state index contributed by atoms with van der Waals surface area (Å²) in [5.41, 5.74) is 22.1. The molecule has 0 amide bonds. The summed E-state index contributed by atoms with van der Waals surface area (Å²) >= 11 is 6.43. The van der Waals surface area contributed by atoms with Gasteiger partial charge in [0.2, 0.25) is 0 Å². The number of aliphatic imine (C=N–C) groups is 2. The Kier molecular flexibility index (Phi) is 30.9. The molecule has 0 spiro atoms. The van der Waals surface area contributed by atoms with E-state index in [0.29, 0.717) is 35.9 Å². The van der Waals surface area contributed by atoms with Crippen molar-refractivity contribution in [1.29, 1.82) is 10.8 Å². The van der Waals surface area contributed by atoms with Crippen LogP contribution >= 0.6 is 45.3 Å². The molecule has 0 atom stereocenters. The van der Waals surface area contributed by atoms with Gasteiger partial charge >= 0.3 is 0 Å². The number of nitrogens with zero attached hydrogens (tertiary/aromatic N) is 8. The molecule has 0 aliphatic carbocycles. The standard InChI is InChI=1S/2C18H23N3OS.C17H22N4OS.C17H21N3OS.3CH4/c1-20(2)7-8-21-9-10-22-17-13-14(5-6-16(17)21)12-15(19)18-4-3-11-23-18;1-2-20-7-8-21-9-10-22-17-13-14(5-6-16(17)21)12-15(19)18-4-3-11-23-18;1-20(2)7-8-21-9-10-22-15-6-5-13(12-14(15)21)19-17(18)16-4-3-11-23-16;1-2-3-8-20-9-10-21-15-7-6-13(12-14(15)20)19-17(18)16-5-4-11-22-16;;;/h3-6,11,13,19H,7-10,12H2,1-2H3;3-6,11,13,19-20H,2,7-10,12H2,1H3;3-6,11-12H,7-10H2,1-2H3,(H2,18,19);4-7,11-12H,2-3,8-10H2,1H3,(H2,18,19);3*1H4. The molecule has 0 fully saturated rings. The van der Waals surface area contributed by atoms with Crippen molar-refractivity contribution in [2.75, 3.05) is 153 Å². The first-order valence-electron chi connectivity index (χ1n) is 31.4. The summed E-state index contributed by atoms with van der Waals surface area (Å²) < 4.78 is 23.2. The molecule has 7 N–H and O–H groups in total. The number of nitrogens with one attached hydrogen (secondary N) is 3. The van der Waals surface area contributed by atoms with Gasteiger partial charge in [-0.15, -0.1) is 45.3 Å². The number of benzene rings is 4. The monoisotopic (exact) mass is 1350 g/mol. The first-order chi connectivity index (χ1) is 44.3. The summed E-state index contributed by atoms with van der Waals surface area (Å²) in [7, 11) is 8.37. The summed E-state index contributed by atoms with van der Waals surface area (Å²) in [4.78, 5) is 27.0. The van der Waals surface area contributed by atoms with Gasteiger partial charge in [0.05, 0.1) is 81.5 Å². The first-order valence-corrected chi connectivity index (χ1v) is 34.9. The molecule has 8 aromatic rings. The lowest BCUT2D eigenvalue weighted by Gasteiger charge is -2.32. The molecule has 506 valence electrons. The van der Waals surface area contributed by atoms with Crippen LogP contribution in [-0.2, 0) is 12.8 Å². The molecule has 8 heterocycles. The number of unbranched alkanes of at least 4 members (excludes halogenated alkanes) is 1. The van der Waals surface area contributed by atoms with Gasteiger partial charge in [-0.2, -0.15) is 0 Å². The highest BCUT2D eigenvalue weighted by atomic mass is 32.1. The van der Waals surface area contributed by atoms with E-state index >= 15 is 0 Å². The van der Waals surface area contributed by atoms with Crippen LogP contribution < -0.4 is 55.3 Å². The number of ether oxygens (including phenoxy) is 4. The SMILES string of the molecule is C.C.C.CCCCN1CCOc2ccc(N=C(N)c3cccs3)cc21.CCNCCN1CCOc2cc(CC(=N)c3cccs3)ccc21.CN(C)CCN1CCOc2cc(CC(=N)c3cccs3)ccc21.CN(C)CCN1CCOc2ccc(N=C(N)c3cccs3)cc21. The number of thiophene rings is 4. The maximum absolute atomic E-state index is 8.23. The van der Waals surface area contributed by atoms with E-state index in [2.05, 4.69) is 135 Å². The van der Waals surface area contributed by atoms with E-state index in [9.17, 15) is 0 Å². The Morgan fingerprint density at radius 1 is 0.479 bits per heavy atom. The molecule has 17 nitrogen and oxygen atoms in total. The highest BCUT2D eigenvalue weighted by Gasteiger charge is 2.23. The third kappa shape index (κ3) is 21.9. The minimum Gasteiger partial charge on any atom is -0.490 e. The average Bonchev–Trinajstić information content (AvgIpc) is 0.902. The Bertz CT molecular complexity index is 3590. The number of fused-ring (bicyclic) bond motifs is 4. The van der Waals surface area contributed by atoms with Crippen molar-refractivity contribution in [2.24, 2.45) is 21.5 Å². The van der Waals surface area contributed by atoms with Crippen molar-refractivity contribution in [1.82, 2.24) is 15.1 Å². The van der Waals surface area contributed by atoms with E-state index in [0.717, 1.165) is 181 Å². The van der Waals surface area contributed by atoms with E-state index in [1.165, 1.54) is 24.2 Å². The van der Waals surface area contributed by atoms with E-state index in [4.69, 9.17) is 41.2 Å². The van der Waals surface area contributed by atoms with Crippen LogP contribution in [0.1, 0.15) is 79.6 Å². The van der Waals surface area contributed by atoms with Gasteiger partial charge in [0.1, 0.15) is 61.1 Å². The molecule has 0 bridgehead atoms. The highest BCUT2D eigenvalue weighted by Crippen LogP contribution is 2.38. The van der Waals surface area contributed by atoms with E-state index in [1.54, 1.807) is 45.3 Å². The van der Waals surface area contributed by atoms with Crippen LogP contribution in [0, 0.1) is 10.8 Å². The fraction of sp³-hybridized carbons (Fsp3) is 0.397. The van der Waals surface area contributed by atoms with Gasteiger partial charge in [-0.05, 0) is 159 Å². The molecule has 4 aromatic heterocycles. The van der Waals surface area contributed by atoms with Crippen LogP contribution in [0.25, 0.3) is 0 Å². The quantitative estimate of drug-likeness (QED) is 0.0231. The highest BCUT2D eigenvalue weighted by molar-refractivity contribution is 7.13. The molecule has 4 aliphatic heterocycles. The molecular formula is C73H101N13O4S4. The second-order valence-corrected chi connectivity index (χ2v) is 26.6. The third-order valence-corrected chi connectivity index (χ3v) is 19.1. The smallest absolute Gasteiger partial charge is 0.142 e. The Hall–Kier alpha value is -7.76. The number of hydrogen-bond acceptors (Lipinski definition) is 19. The summed E-state index contributed by atoms with van der Waals surface area (Å²) in [6.45, 7) is 19.0. The Morgan fingerprint density at radius 3 is 1.24 bits per heavy atom. The van der Waals surface area contributed by atoms with Gasteiger partial charge in [0, 0.05) is 68.4 Å². The predicted molar refractivity (Wildman–Crippen MR) is 406 cm³/mol. The van der Waals surface area contributed by atoms with Crippen molar-refractivity contribution in [3.05, 3.63) is 173 Å². The summed E-state index contributed by atoms with van der Waals surface area (Å²) in [6, 6.07) is 40.7. The normalized spacial score (nSPS) is 13.7. The largest absolute Gasteiger partial charge is 0.490 e. The van der Waals surface area contributed by atoms with Gasteiger partial charge in [-0.3, -0.25) is 0 Å². The number of amidine groups is 2. The van der Waals surface area contributed by atoms with E-state index in [-0.39, 0.29) is 22.3 Å². The number of hydrogen-bond donors (Lipinski definition) is 5. The molecule has 12 rings (SSSR count). The zero-order valence-electron chi connectivity index (χ0n) is 53.5. The maximum atomic E-state index is 8.23. The Morgan fingerprint density at radius 2 is 0.862 bits per heavy atom. The Labute approximate surface area is 576 Å². The first kappa shape index (κ1) is 75.3. The molecule has 0 saturated heterocycles. The molecule has 94 heavy (non-hydrogen) atoms. The van der Waals surface area contributed by atoms with Crippen LogP contribution in [-0.4, -0.2) is 166 Å². The molecular weight excluding hydrogens is 1250 g/mol. The van der Waals surface area contributed by atoms with Crippen molar-refractivity contribution < 1.29 is 18.9 Å². The summed E-state index contributed by atoms with van der Waals surface area (Å²) in [5.74, 6) is 4.87. The molecule has 0 saturated carbocycles. The predicted octanol–water partition coefficient (Wildman–Crippen LogP) is 14.5. The second kappa shape index (κ2) is 38.6. The van der Waals surface area contributed by atoms with Gasteiger partial charge < -0.3 is 75.9 Å². The van der Waals surface area contributed by atoms with Gasteiger partial charge in [-0.1, -0.05) is 78.9 Å². The Balaban J connectivity index is 0.000000197. The van der Waals surface area contributed by atoms with Crippen molar-refractivity contribution >= 4 is 103 Å². The van der Waals surface area contributed by atoms with Crippen LogP contribution in [0.15, 0.2) is 153 Å². The molecule has 21 heteroatoms. The lowest BCUT2D eigenvalue weighted by Crippen LogP contribution is -2.37. The number of anilines is 4.